The summed E-state index contributed by atoms with van der Waals surface area (Å²) in [5, 5.41) is 7.26. The van der Waals surface area contributed by atoms with Crippen LogP contribution in [0, 0.1) is 11.6 Å². The summed E-state index contributed by atoms with van der Waals surface area (Å²) >= 11 is 1.66. The van der Waals surface area contributed by atoms with Gasteiger partial charge in [0.05, 0.1) is 11.7 Å². The SMILES string of the molecule is CN1CCN([C@H](CNC(=O)Nc2ccc(F)cc2F)c2cccs2)CC1. The molecule has 1 aliphatic heterocycles. The Balaban J connectivity index is 1.61. The van der Waals surface area contributed by atoms with Gasteiger partial charge in [0.2, 0.25) is 0 Å². The summed E-state index contributed by atoms with van der Waals surface area (Å²) in [6.45, 7) is 4.23. The lowest BCUT2D eigenvalue weighted by Crippen LogP contribution is -2.48. The summed E-state index contributed by atoms with van der Waals surface area (Å²) in [6.07, 6.45) is 0. The van der Waals surface area contributed by atoms with Gasteiger partial charge in [-0.2, -0.15) is 0 Å². The van der Waals surface area contributed by atoms with E-state index >= 15 is 0 Å². The predicted octanol–water partition coefficient (Wildman–Crippen LogP) is 3.14. The molecule has 26 heavy (non-hydrogen) atoms. The monoisotopic (exact) mass is 380 g/mol. The molecule has 1 aromatic carbocycles. The zero-order valence-electron chi connectivity index (χ0n) is 14.5. The normalized spacial score (nSPS) is 17.0. The van der Waals surface area contributed by atoms with Crippen LogP contribution in [0.5, 0.6) is 0 Å². The third-order valence-electron chi connectivity index (χ3n) is 4.49. The Morgan fingerprint density at radius 3 is 2.65 bits per heavy atom. The molecule has 0 aliphatic carbocycles. The molecule has 1 fully saturated rings. The smallest absolute Gasteiger partial charge is 0.319 e. The Kier molecular flexibility index (Phi) is 6.18. The minimum Gasteiger partial charge on any atom is -0.336 e. The molecule has 3 rings (SSSR count). The number of piperazine rings is 1. The van der Waals surface area contributed by atoms with Crippen molar-refractivity contribution in [3.63, 3.8) is 0 Å². The molecule has 0 bridgehead atoms. The van der Waals surface area contributed by atoms with Crippen molar-refractivity contribution in [3.8, 4) is 0 Å². The molecule has 5 nitrogen and oxygen atoms in total. The van der Waals surface area contributed by atoms with Crippen LogP contribution < -0.4 is 10.6 Å². The van der Waals surface area contributed by atoms with Crippen molar-refractivity contribution in [1.29, 1.82) is 0 Å². The molecule has 140 valence electrons. The van der Waals surface area contributed by atoms with Crippen molar-refractivity contribution < 1.29 is 13.6 Å². The van der Waals surface area contributed by atoms with Crippen LogP contribution in [0.3, 0.4) is 0 Å². The van der Waals surface area contributed by atoms with Gasteiger partial charge < -0.3 is 15.5 Å². The first-order valence-corrected chi connectivity index (χ1v) is 9.37. The molecule has 2 aromatic rings. The van der Waals surface area contributed by atoms with Gasteiger partial charge in [0.15, 0.2) is 0 Å². The van der Waals surface area contributed by atoms with Crippen molar-refractivity contribution in [2.75, 3.05) is 45.1 Å². The van der Waals surface area contributed by atoms with Gasteiger partial charge >= 0.3 is 6.03 Å². The van der Waals surface area contributed by atoms with E-state index in [4.69, 9.17) is 0 Å². The number of amides is 2. The number of hydrogen-bond acceptors (Lipinski definition) is 4. The number of rotatable bonds is 5. The largest absolute Gasteiger partial charge is 0.336 e. The molecule has 2 amide bonds. The van der Waals surface area contributed by atoms with Crippen LogP contribution in [0.4, 0.5) is 19.3 Å². The van der Waals surface area contributed by atoms with Crippen molar-refractivity contribution >= 4 is 23.1 Å². The number of thiophene rings is 1. The molecule has 2 heterocycles. The summed E-state index contributed by atoms with van der Waals surface area (Å²) in [5.41, 5.74) is -0.0452. The average Bonchev–Trinajstić information content (AvgIpc) is 3.13. The molecule has 0 radical (unpaired) electrons. The molecule has 0 unspecified atom stereocenters. The second kappa shape index (κ2) is 8.57. The zero-order valence-corrected chi connectivity index (χ0v) is 15.4. The summed E-state index contributed by atoms with van der Waals surface area (Å²) in [7, 11) is 2.10. The molecule has 0 saturated carbocycles. The van der Waals surface area contributed by atoms with E-state index in [9.17, 15) is 13.6 Å². The number of likely N-dealkylation sites (N-methyl/N-ethyl adjacent to an activating group) is 1. The summed E-state index contributed by atoms with van der Waals surface area (Å²) in [4.78, 5) is 18.0. The van der Waals surface area contributed by atoms with E-state index in [0.717, 1.165) is 38.3 Å². The maximum atomic E-state index is 13.7. The summed E-state index contributed by atoms with van der Waals surface area (Å²) in [5.74, 6) is -1.48. The molecule has 1 atom stereocenters. The lowest BCUT2D eigenvalue weighted by atomic mass is 10.1. The Bertz CT molecular complexity index is 733. The molecule has 1 aliphatic rings. The number of benzene rings is 1. The highest BCUT2D eigenvalue weighted by atomic mass is 32.1. The third kappa shape index (κ3) is 4.78. The van der Waals surface area contributed by atoms with Crippen LogP contribution in [0.25, 0.3) is 0 Å². The number of carbonyl (C=O) groups excluding carboxylic acids is 1. The number of nitrogens with zero attached hydrogens (tertiary/aromatic N) is 2. The zero-order chi connectivity index (χ0) is 18.5. The first kappa shape index (κ1) is 18.8. The van der Waals surface area contributed by atoms with Crippen LogP contribution >= 0.6 is 11.3 Å². The van der Waals surface area contributed by atoms with Crippen LogP contribution in [0.2, 0.25) is 0 Å². The van der Waals surface area contributed by atoms with Gasteiger partial charge in [0.1, 0.15) is 11.6 Å². The number of urea groups is 1. The first-order chi connectivity index (χ1) is 12.5. The molecule has 0 spiro atoms. The Labute approximate surface area is 155 Å². The number of carbonyl (C=O) groups is 1. The standard InChI is InChI=1S/C18H22F2N4OS/c1-23-6-8-24(9-7-23)16(17-3-2-10-26-17)12-21-18(25)22-15-5-4-13(19)11-14(15)20/h2-5,10-11,16H,6-9,12H2,1H3,(H2,21,22,25)/t16-/m1/s1. The van der Waals surface area contributed by atoms with Gasteiger partial charge in [-0.05, 0) is 30.6 Å². The van der Waals surface area contributed by atoms with Crippen molar-refractivity contribution in [2.45, 2.75) is 6.04 Å². The van der Waals surface area contributed by atoms with Crippen molar-refractivity contribution in [2.24, 2.45) is 0 Å². The lowest BCUT2D eigenvalue weighted by Gasteiger charge is -2.37. The fraction of sp³-hybridized carbons (Fsp3) is 0.389. The second-order valence-corrected chi connectivity index (χ2v) is 7.31. The van der Waals surface area contributed by atoms with Crippen LogP contribution in [-0.4, -0.2) is 55.6 Å². The highest BCUT2D eigenvalue weighted by Gasteiger charge is 2.25. The van der Waals surface area contributed by atoms with Crippen LogP contribution in [-0.2, 0) is 0 Å². The van der Waals surface area contributed by atoms with Gasteiger partial charge in [-0.25, -0.2) is 13.6 Å². The maximum Gasteiger partial charge on any atom is 0.319 e. The number of anilines is 1. The lowest BCUT2D eigenvalue weighted by molar-refractivity contribution is 0.113. The average molecular weight is 380 g/mol. The van der Waals surface area contributed by atoms with Crippen LogP contribution in [0.1, 0.15) is 10.9 Å². The van der Waals surface area contributed by atoms with E-state index in [2.05, 4.69) is 33.5 Å². The molecular weight excluding hydrogens is 358 g/mol. The highest BCUT2D eigenvalue weighted by Crippen LogP contribution is 2.25. The highest BCUT2D eigenvalue weighted by molar-refractivity contribution is 7.10. The Morgan fingerprint density at radius 1 is 1.23 bits per heavy atom. The van der Waals surface area contributed by atoms with E-state index in [1.165, 1.54) is 10.9 Å². The number of halogens is 2. The number of nitrogens with one attached hydrogen (secondary N) is 2. The topological polar surface area (TPSA) is 47.6 Å². The minimum atomic E-state index is -0.797. The molecule has 8 heteroatoms. The van der Waals surface area contributed by atoms with Gasteiger partial charge in [-0.3, -0.25) is 4.90 Å². The molecule has 1 aromatic heterocycles. The quantitative estimate of drug-likeness (QED) is 0.838. The fourth-order valence-electron chi connectivity index (χ4n) is 2.97. The fourth-order valence-corrected chi connectivity index (χ4v) is 3.83. The first-order valence-electron chi connectivity index (χ1n) is 8.49. The Hall–Kier alpha value is -2.03. The Morgan fingerprint density at radius 2 is 2.00 bits per heavy atom. The molecular formula is C18H22F2N4OS. The van der Waals surface area contributed by atoms with Gasteiger partial charge in [-0.1, -0.05) is 6.07 Å². The molecule has 1 saturated heterocycles. The summed E-state index contributed by atoms with van der Waals surface area (Å²) < 4.78 is 26.6. The minimum absolute atomic E-state index is 0.0452. The van der Waals surface area contributed by atoms with Crippen molar-refractivity contribution in [1.82, 2.24) is 15.1 Å². The molecule has 2 N–H and O–H groups in total. The van der Waals surface area contributed by atoms with E-state index in [1.807, 2.05) is 11.4 Å². The van der Waals surface area contributed by atoms with Gasteiger partial charge in [0, 0.05) is 43.7 Å². The van der Waals surface area contributed by atoms with Crippen LogP contribution in [0.15, 0.2) is 35.7 Å². The van der Waals surface area contributed by atoms with Gasteiger partial charge in [0.25, 0.3) is 0 Å². The van der Waals surface area contributed by atoms with E-state index < -0.39 is 17.7 Å². The van der Waals surface area contributed by atoms with E-state index in [-0.39, 0.29) is 11.7 Å². The summed E-state index contributed by atoms with van der Waals surface area (Å²) in [6, 6.07) is 6.69. The van der Waals surface area contributed by atoms with E-state index in [0.29, 0.717) is 6.54 Å². The number of hydrogen-bond donors (Lipinski definition) is 2. The van der Waals surface area contributed by atoms with Gasteiger partial charge in [-0.15, -0.1) is 11.3 Å². The van der Waals surface area contributed by atoms with Crippen molar-refractivity contribution in [3.05, 3.63) is 52.2 Å². The maximum absolute atomic E-state index is 13.7. The third-order valence-corrected chi connectivity index (χ3v) is 5.46. The second-order valence-electron chi connectivity index (χ2n) is 6.33. The van der Waals surface area contributed by atoms with E-state index in [1.54, 1.807) is 11.3 Å². The predicted molar refractivity (Wildman–Crippen MR) is 99.5 cm³/mol.